The largest absolute Gasteiger partial charge is 0.457 e. The summed E-state index contributed by atoms with van der Waals surface area (Å²) in [5.74, 6) is 2.91. The van der Waals surface area contributed by atoms with Gasteiger partial charge in [-0.15, -0.1) is 5.10 Å². The van der Waals surface area contributed by atoms with Crippen molar-refractivity contribution in [2.24, 2.45) is 7.05 Å². The van der Waals surface area contributed by atoms with Crippen LogP contribution in [0.4, 0.5) is 17.3 Å². The Morgan fingerprint density at radius 3 is 2.76 bits per heavy atom. The third-order valence-corrected chi connectivity index (χ3v) is 6.85. The minimum absolute atomic E-state index is 0.120. The average Bonchev–Trinajstić information content (AvgIpc) is 3.30. The number of hydrogen-bond donors (Lipinski definition) is 1. The van der Waals surface area contributed by atoms with Crippen LogP contribution in [0.5, 0.6) is 11.5 Å². The summed E-state index contributed by atoms with van der Waals surface area (Å²) in [6.45, 7) is 6.15. The molecule has 0 spiro atoms. The number of piperazine rings is 1. The van der Waals surface area contributed by atoms with Gasteiger partial charge in [0.25, 0.3) is 0 Å². The van der Waals surface area contributed by atoms with E-state index in [4.69, 9.17) is 9.72 Å². The van der Waals surface area contributed by atoms with Crippen molar-refractivity contribution in [1.29, 1.82) is 0 Å². The molecule has 1 atom stereocenters. The van der Waals surface area contributed by atoms with Crippen LogP contribution in [0, 0.1) is 6.92 Å². The number of carbonyl (C=O) groups is 1. The van der Waals surface area contributed by atoms with Crippen LogP contribution in [0.15, 0.2) is 54.9 Å². The van der Waals surface area contributed by atoms with Crippen molar-refractivity contribution in [3.05, 3.63) is 60.4 Å². The number of benzene rings is 2. The maximum Gasteiger partial charge on any atom is 0.210 e. The van der Waals surface area contributed by atoms with Gasteiger partial charge >= 0.3 is 0 Å². The number of anilines is 3. The summed E-state index contributed by atoms with van der Waals surface area (Å²) in [5, 5.41) is 11.6. The third kappa shape index (κ3) is 4.42. The van der Waals surface area contributed by atoms with Gasteiger partial charge in [0.1, 0.15) is 34.7 Å². The molecule has 6 rings (SSSR count). The first-order valence-electron chi connectivity index (χ1n) is 12.4. The lowest BCUT2D eigenvalue weighted by molar-refractivity contribution is -0.120. The lowest BCUT2D eigenvalue weighted by Gasteiger charge is -2.38. The highest BCUT2D eigenvalue weighted by Gasteiger charge is 2.23. The van der Waals surface area contributed by atoms with Crippen LogP contribution in [0.25, 0.3) is 22.1 Å². The first-order chi connectivity index (χ1) is 18.5. The average molecular weight is 510 g/mol. The van der Waals surface area contributed by atoms with Crippen molar-refractivity contribution in [1.82, 2.24) is 34.8 Å². The van der Waals surface area contributed by atoms with Gasteiger partial charge in [-0.25, -0.2) is 19.6 Å². The fourth-order valence-electron chi connectivity index (χ4n) is 4.72. The predicted molar refractivity (Wildman–Crippen MR) is 145 cm³/mol. The molecule has 0 saturated carbocycles. The van der Waals surface area contributed by atoms with E-state index in [1.807, 2.05) is 74.3 Å². The highest BCUT2D eigenvalue weighted by Crippen LogP contribution is 2.31. The molecule has 1 fully saturated rings. The first kappa shape index (κ1) is 23.6. The second kappa shape index (κ2) is 9.58. The van der Waals surface area contributed by atoms with E-state index in [0.717, 1.165) is 58.9 Å². The number of aryl methyl sites for hydroxylation is 2. The molecule has 2 aromatic carbocycles. The summed E-state index contributed by atoms with van der Waals surface area (Å²) in [5.41, 5.74) is 4.99. The second-order valence-corrected chi connectivity index (χ2v) is 9.47. The molecule has 11 heteroatoms. The molecule has 192 valence electrons. The van der Waals surface area contributed by atoms with E-state index >= 15 is 0 Å². The van der Waals surface area contributed by atoms with Crippen LogP contribution in [0.1, 0.15) is 12.5 Å². The van der Waals surface area contributed by atoms with E-state index in [0.29, 0.717) is 23.6 Å². The number of ether oxygens (including phenoxy) is 1. The predicted octanol–water partition coefficient (Wildman–Crippen LogP) is 3.82. The highest BCUT2D eigenvalue weighted by atomic mass is 16.5. The SMILES string of the molecule is Cc1cc(Nc2ncnc3ccc(N4CCN(C=O)[C@H](C)C4)nc23)ccc1Oc1ccc2c(c1)nnn2C. The van der Waals surface area contributed by atoms with Crippen molar-refractivity contribution < 1.29 is 9.53 Å². The maximum atomic E-state index is 11.2. The summed E-state index contributed by atoms with van der Waals surface area (Å²) < 4.78 is 7.87. The van der Waals surface area contributed by atoms with E-state index < -0.39 is 0 Å². The van der Waals surface area contributed by atoms with E-state index in [9.17, 15) is 4.79 Å². The van der Waals surface area contributed by atoms with Gasteiger partial charge in [0.2, 0.25) is 6.41 Å². The van der Waals surface area contributed by atoms with E-state index in [2.05, 4.69) is 30.5 Å². The van der Waals surface area contributed by atoms with Crippen LogP contribution in [0.3, 0.4) is 0 Å². The number of carbonyl (C=O) groups excluding carboxylic acids is 1. The molecule has 1 N–H and O–H groups in total. The zero-order chi connectivity index (χ0) is 26.2. The molecule has 5 aromatic rings. The number of hydrogen-bond acceptors (Lipinski definition) is 9. The fourth-order valence-corrected chi connectivity index (χ4v) is 4.72. The van der Waals surface area contributed by atoms with Gasteiger partial charge in [-0.2, -0.15) is 0 Å². The smallest absolute Gasteiger partial charge is 0.210 e. The summed E-state index contributed by atoms with van der Waals surface area (Å²) in [4.78, 5) is 29.0. The normalized spacial score (nSPS) is 15.7. The molecule has 3 aromatic heterocycles. The molecule has 11 nitrogen and oxygen atoms in total. The minimum atomic E-state index is 0.120. The van der Waals surface area contributed by atoms with Crippen LogP contribution in [-0.4, -0.2) is 66.9 Å². The molecular formula is C27H27N9O2. The quantitative estimate of drug-likeness (QED) is 0.341. The van der Waals surface area contributed by atoms with Gasteiger partial charge in [0, 0.05) is 44.5 Å². The number of nitrogens with zero attached hydrogens (tertiary/aromatic N) is 8. The van der Waals surface area contributed by atoms with Crippen molar-refractivity contribution in [2.75, 3.05) is 29.9 Å². The molecule has 0 radical (unpaired) electrons. The molecule has 1 saturated heterocycles. The Balaban J connectivity index is 1.23. The Morgan fingerprint density at radius 2 is 1.95 bits per heavy atom. The zero-order valence-electron chi connectivity index (χ0n) is 21.4. The first-order valence-corrected chi connectivity index (χ1v) is 12.4. The van der Waals surface area contributed by atoms with Gasteiger partial charge in [-0.05, 0) is 61.9 Å². The Hall–Kier alpha value is -4.80. The Kier molecular flexibility index (Phi) is 5.95. The summed E-state index contributed by atoms with van der Waals surface area (Å²) in [6, 6.07) is 15.7. The van der Waals surface area contributed by atoms with E-state index in [-0.39, 0.29) is 6.04 Å². The molecule has 1 amide bonds. The molecule has 0 unspecified atom stereocenters. The number of amides is 1. The van der Waals surface area contributed by atoms with Crippen molar-refractivity contribution in [2.45, 2.75) is 19.9 Å². The Bertz CT molecular complexity index is 1650. The third-order valence-electron chi connectivity index (χ3n) is 6.85. The molecule has 1 aliphatic heterocycles. The Labute approximate surface area is 219 Å². The number of fused-ring (bicyclic) bond motifs is 2. The Morgan fingerprint density at radius 1 is 1.05 bits per heavy atom. The zero-order valence-corrected chi connectivity index (χ0v) is 21.4. The number of rotatable bonds is 6. The summed E-state index contributed by atoms with van der Waals surface area (Å²) in [6.07, 6.45) is 2.45. The molecule has 4 heterocycles. The van der Waals surface area contributed by atoms with Crippen LogP contribution >= 0.6 is 0 Å². The molecular weight excluding hydrogens is 482 g/mol. The molecule has 38 heavy (non-hydrogen) atoms. The van der Waals surface area contributed by atoms with Gasteiger partial charge in [-0.1, -0.05) is 5.21 Å². The van der Waals surface area contributed by atoms with Crippen molar-refractivity contribution >= 4 is 45.8 Å². The molecule has 0 aliphatic carbocycles. The van der Waals surface area contributed by atoms with Crippen LogP contribution in [-0.2, 0) is 11.8 Å². The van der Waals surface area contributed by atoms with E-state index in [1.165, 1.54) is 6.33 Å². The van der Waals surface area contributed by atoms with Gasteiger partial charge in [0.05, 0.1) is 11.0 Å². The standard InChI is InChI=1S/C27H27N9O2/c1-17-12-19(4-8-24(17)38-20-5-7-23-22(13-20)32-33-34(23)3)30-27-26-21(28-15-29-27)6-9-25(31-26)35-10-11-36(16-37)18(2)14-35/h4-9,12-13,15-16,18H,10-11,14H2,1-3H3,(H,28,29,30)/t18-/m1/s1. The lowest BCUT2D eigenvalue weighted by atomic mass is 10.2. The highest BCUT2D eigenvalue weighted by molar-refractivity contribution is 5.88. The van der Waals surface area contributed by atoms with Gasteiger partial charge < -0.3 is 19.9 Å². The summed E-state index contributed by atoms with van der Waals surface area (Å²) >= 11 is 0. The number of nitrogens with one attached hydrogen (secondary N) is 1. The topological polar surface area (TPSA) is 114 Å². The van der Waals surface area contributed by atoms with E-state index in [1.54, 1.807) is 4.68 Å². The van der Waals surface area contributed by atoms with Crippen LogP contribution in [0.2, 0.25) is 0 Å². The number of aromatic nitrogens is 6. The lowest BCUT2D eigenvalue weighted by Crippen LogP contribution is -2.51. The summed E-state index contributed by atoms with van der Waals surface area (Å²) in [7, 11) is 1.86. The minimum Gasteiger partial charge on any atom is -0.457 e. The van der Waals surface area contributed by atoms with Crippen molar-refractivity contribution in [3.8, 4) is 11.5 Å². The maximum absolute atomic E-state index is 11.2. The van der Waals surface area contributed by atoms with Gasteiger partial charge in [-0.3, -0.25) is 4.79 Å². The van der Waals surface area contributed by atoms with Gasteiger partial charge in [0.15, 0.2) is 5.82 Å². The molecule has 1 aliphatic rings. The van der Waals surface area contributed by atoms with Crippen molar-refractivity contribution in [3.63, 3.8) is 0 Å². The number of pyridine rings is 1. The molecule has 0 bridgehead atoms. The fraction of sp³-hybridized carbons (Fsp3) is 0.259. The second-order valence-electron chi connectivity index (χ2n) is 9.47. The monoisotopic (exact) mass is 509 g/mol. The van der Waals surface area contributed by atoms with Crippen LogP contribution < -0.4 is 15.0 Å².